The summed E-state index contributed by atoms with van der Waals surface area (Å²) >= 11 is 5.38. The minimum Gasteiger partial charge on any atom is -0.497 e. The largest absolute Gasteiger partial charge is 0.497 e. The molecule has 2 aromatic rings. The van der Waals surface area contributed by atoms with Crippen molar-refractivity contribution < 1.29 is 14.3 Å². The lowest BCUT2D eigenvalue weighted by molar-refractivity contribution is -0.119. The molecule has 142 valence electrons. The molecule has 7 heteroatoms. The average Bonchev–Trinajstić information content (AvgIpc) is 2.66. The number of nitrogens with zero attached hydrogens (tertiary/aromatic N) is 1. The van der Waals surface area contributed by atoms with Gasteiger partial charge in [-0.25, -0.2) is 0 Å². The summed E-state index contributed by atoms with van der Waals surface area (Å²) < 4.78 is 5.11. The third-order valence-corrected chi connectivity index (χ3v) is 4.26. The van der Waals surface area contributed by atoms with Gasteiger partial charge in [-0.3, -0.25) is 9.59 Å². The third kappa shape index (κ3) is 7.07. The summed E-state index contributed by atoms with van der Waals surface area (Å²) in [5.41, 5.74) is 7.13. The molecule has 3 N–H and O–H groups in total. The first-order chi connectivity index (χ1) is 13.0. The highest BCUT2D eigenvalue weighted by Gasteiger charge is 2.14. The number of carbonyl (C=O) groups excluding carboxylic acids is 2. The maximum atomic E-state index is 12.3. The molecule has 2 rings (SSSR count). The molecule has 2 amide bonds. The number of nitrogens with two attached hydrogens (primary N) is 1. The van der Waals surface area contributed by atoms with E-state index in [2.05, 4.69) is 5.32 Å². The van der Waals surface area contributed by atoms with Crippen LogP contribution in [0.1, 0.15) is 17.5 Å². The molecule has 0 atom stereocenters. The first-order valence-corrected chi connectivity index (χ1v) is 8.92. The lowest BCUT2D eigenvalue weighted by atomic mass is 10.1. The summed E-state index contributed by atoms with van der Waals surface area (Å²) in [6.45, 7) is 0.821. The molecule has 0 fully saturated rings. The van der Waals surface area contributed by atoms with Gasteiger partial charge >= 0.3 is 0 Å². The fourth-order valence-corrected chi connectivity index (χ4v) is 2.74. The molecule has 0 aliphatic carbocycles. The van der Waals surface area contributed by atoms with E-state index in [1.54, 1.807) is 24.1 Å². The highest BCUT2D eigenvalue weighted by Crippen LogP contribution is 2.12. The van der Waals surface area contributed by atoms with Gasteiger partial charge in [0.2, 0.25) is 11.8 Å². The zero-order valence-electron chi connectivity index (χ0n) is 15.2. The van der Waals surface area contributed by atoms with Crippen LogP contribution in [0, 0.1) is 0 Å². The van der Waals surface area contributed by atoms with Gasteiger partial charge in [0.25, 0.3) is 0 Å². The number of benzene rings is 2. The molecule has 6 nitrogen and oxygen atoms in total. The van der Waals surface area contributed by atoms with Gasteiger partial charge < -0.3 is 20.7 Å². The van der Waals surface area contributed by atoms with Crippen molar-refractivity contribution in [1.82, 2.24) is 10.2 Å². The summed E-state index contributed by atoms with van der Waals surface area (Å²) in [5.74, 6) is 0.0953. The van der Waals surface area contributed by atoms with Gasteiger partial charge in [-0.1, -0.05) is 42.5 Å². The number of thiocarbonyl (C=S) groups is 1. The SMILES string of the molecule is COc1ccc(CC(=O)NC(=S)N(CCC(N)=O)Cc2ccccc2)cc1. The number of rotatable bonds is 8. The van der Waals surface area contributed by atoms with Crippen LogP contribution in [-0.4, -0.2) is 35.5 Å². The van der Waals surface area contributed by atoms with Gasteiger partial charge in [0.05, 0.1) is 13.5 Å². The summed E-state index contributed by atoms with van der Waals surface area (Å²) in [4.78, 5) is 25.2. The Morgan fingerprint density at radius 2 is 1.74 bits per heavy atom. The number of hydrogen-bond donors (Lipinski definition) is 2. The van der Waals surface area contributed by atoms with Crippen molar-refractivity contribution in [3.05, 3.63) is 65.7 Å². The number of ether oxygens (including phenoxy) is 1. The summed E-state index contributed by atoms with van der Waals surface area (Å²) in [6.07, 6.45) is 0.348. The zero-order valence-corrected chi connectivity index (χ0v) is 16.0. The zero-order chi connectivity index (χ0) is 19.6. The van der Waals surface area contributed by atoms with Gasteiger partial charge in [-0.15, -0.1) is 0 Å². The fourth-order valence-electron chi connectivity index (χ4n) is 2.47. The Morgan fingerprint density at radius 3 is 2.33 bits per heavy atom. The lowest BCUT2D eigenvalue weighted by Crippen LogP contribution is -2.44. The van der Waals surface area contributed by atoms with Crippen molar-refractivity contribution in [1.29, 1.82) is 0 Å². The smallest absolute Gasteiger partial charge is 0.230 e. The molecule has 0 unspecified atom stereocenters. The Labute approximate surface area is 164 Å². The van der Waals surface area contributed by atoms with Crippen LogP contribution in [0.25, 0.3) is 0 Å². The molecule has 0 heterocycles. The quantitative estimate of drug-likeness (QED) is 0.679. The Kier molecular flexibility index (Phi) is 7.76. The van der Waals surface area contributed by atoms with Gasteiger partial charge in [0, 0.05) is 19.5 Å². The van der Waals surface area contributed by atoms with E-state index in [0.717, 1.165) is 16.9 Å². The molecular formula is C20H23N3O3S. The van der Waals surface area contributed by atoms with Crippen LogP contribution in [0.15, 0.2) is 54.6 Å². The second-order valence-corrected chi connectivity index (χ2v) is 6.39. The number of methoxy groups -OCH3 is 1. The Hall–Kier alpha value is -2.93. The van der Waals surface area contributed by atoms with Crippen molar-refractivity contribution in [2.75, 3.05) is 13.7 Å². The van der Waals surface area contributed by atoms with Crippen molar-refractivity contribution in [2.24, 2.45) is 5.73 Å². The second kappa shape index (κ2) is 10.3. The minimum atomic E-state index is -0.416. The summed E-state index contributed by atoms with van der Waals surface area (Å²) in [7, 11) is 1.59. The van der Waals surface area contributed by atoms with Gasteiger partial charge in [-0.05, 0) is 35.5 Å². The molecule has 0 saturated heterocycles. The first kappa shape index (κ1) is 20.4. The Bertz CT molecular complexity index is 779. The number of nitrogens with one attached hydrogen (secondary N) is 1. The number of amides is 2. The molecular weight excluding hydrogens is 362 g/mol. The molecule has 0 saturated carbocycles. The lowest BCUT2D eigenvalue weighted by Gasteiger charge is -2.25. The third-order valence-electron chi connectivity index (χ3n) is 3.90. The monoisotopic (exact) mass is 385 g/mol. The fraction of sp³-hybridized carbons (Fsp3) is 0.250. The van der Waals surface area contributed by atoms with Crippen molar-refractivity contribution >= 4 is 29.1 Å². The van der Waals surface area contributed by atoms with Crippen LogP contribution < -0.4 is 15.8 Å². The van der Waals surface area contributed by atoms with Gasteiger partial charge in [-0.2, -0.15) is 0 Å². The Morgan fingerprint density at radius 1 is 1.07 bits per heavy atom. The molecule has 0 aliphatic rings. The minimum absolute atomic E-state index is 0.154. The summed E-state index contributed by atoms with van der Waals surface area (Å²) in [6, 6.07) is 16.9. The molecule has 0 spiro atoms. The predicted molar refractivity (Wildman–Crippen MR) is 108 cm³/mol. The van der Waals surface area contributed by atoms with Crippen molar-refractivity contribution in [3.8, 4) is 5.75 Å². The van der Waals surface area contributed by atoms with E-state index in [9.17, 15) is 9.59 Å². The van der Waals surface area contributed by atoms with Crippen LogP contribution in [0.4, 0.5) is 0 Å². The topological polar surface area (TPSA) is 84.7 Å². The molecule has 2 aromatic carbocycles. The maximum absolute atomic E-state index is 12.3. The highest BCUT2D eigenvalue weighted by atomic mass is 32.1. The van der Waals surface area contributed by atoms with Crippen LogP contribution >= 0.6 is 12.2 Å². The standard InChI is InChI=1S/C20H23N3O3S/c1-26-17-9-7-15(8-10-17)13-19(25)22-20(27)23(12-11-18(21)24)14-16-5-3-2-4-6-16/h2-10H,11-14H2,1H3,(H2,21,24)(H,22,25,27). The van der Waals surface area contributed by atoms with Crippen LogP contribution in [0.2, 0.25) is 0 Å². The maximum Gasteiger partial charge on any atom is 0.230 e. The van der Waals surface area contributed by atoms with Gasteiger partial charge in [0.1, 0.15) is 5.75 Å². The molecule has 27 heavy (non-hydrogen) atoms. The molecule has 0 aromatic heterocycles. The molecule has 0 radical (unpaired) electrons. The van der Waals surface area contributed by atoms with Gasteiger partial charge in [0.15, 0.2) is 5.11 Å². The van der Waals surface area contributed by atoms with Crippen LogP contribution in [-0.2, 0) is 22.6 Å². The number of carbonyl (C=O) groups is 2. The normalized spacial score (nSPS) is 10.1. The van der Waals surface area contributed by atoms with E-state index in [4.69, 9.17) is 22.7 Å². The summed E-state index contributed by atoms with van der Waals surface area (Å²) in [5, 5.41) is 3.01. The highest BCUT2D eigenvalue weighted by molar-refractivity contribution is 7.80. The second-order valence-electron chi connectivity index (χ2n) is 6.00. The van der Waals surface area contributed by atoms with Crippen molar-refractivity contribution in [2.45, 2.75) is 19.4 Å². The first-order valence-electron chi connectivity index (χ1n) is 8.52. The predicted octanol–water partition coefficient (Wildman–Crippen LogP) is 2.02. The number of hydrogen-bond acceptors (Lipinski definition) is 4. The Balaban J connectivity index is 1.97. The molecule has 0 aliphatic heterocycles. The van der Waals surface area contributed by atoms with Crippen molar-refractivity contribution in [3.63, 3.8) is 0 Å². The van der Waals surface area contributed by atoms with E-state index < -0.39 is 5.91 Å². The van der Waals surface area contributed by atoms with Crippen LogP contribution in [0.3, 0.4) is 0 Å². The van der Waals surface area contributed by atoms with E-state index >= 15 is 0 Å². The van der Waals surface area contributed by atoms with E-state index in [-0.39, 0.29) is 23.9 Å². The molecule has 0 bridgehead atoms. The average molecular weight is 385 g/mol. The number of primary amides is 1. The van der Waals surface area contributed by atoms with E-state index in [1.807, 2.05) is 42.5 Å². The van der Waals surface area contributed by atoms with E-state index in [1.165, 1.54) is 0 Å². The van der Waals surface area contributed by atoms with E-state index in [0.29, 0.717) is 13.1 Å². The van der Waals surface area contributed by atoms with Crippen LogP contribution in [0.5, 0.6) is 5.75 Å².